The van der Waals surface area contributed by atoms with Gasteiger partial charge in [-0.15, -0.1) is 0 Å². The number of aryl methyl sites for hydroxylation is 2. The summed E-state index contributed by atoms with van der Waals surface area (Å²) in [6, 6.07) is 17.1. The molecule has 1 fully saturated rings. The lowest BCUT2D eigenvalue weighted by atomic mass is 10.0. The molecule has 1 aliphatic rings. The Morgan fingerprint density at radius 3 is 1.46 bits per heavy atom. The van der Waals surface area contributed by atoms with Gasteiger partial charge >= 0.3 is 0 Å². The molecule has 0 aromatic heterocycles. The van der Waals surface area contributed by atoms with Crippen molar-refractivity contribution in [3.8, 4) is 11.5 Å². The van der Waals surface area contributed by atoms with Gasteiger partial charge in [0.25, 0.3) is 11.8 Å². The largest absolute Gasteiger partial charge is 0.507 e. The molecule has 272 valence electrons. The normalized spacial score (nSPS) is 16.7. The number of rotatable bonds is 12. The molecule has 0 aliphatic carbocycles. The van der Waals surface area contributed by atoms with E-state index in [1.165, 1.54) is 5.56 Å². The molecule has 3 aromatic carbocycles. The summed E-state index contributed by atoms with van der Waals surface area (Å²) < 4.78 is 0. The van der Waals surface area contributed by atoms with E-state index in [1.807, 2.05) is 44.2 Å². The van der Waals surface area contributed by atoms with Gasteiger partial charge in [0.1, 0.15) is 24.0 Å². The van der Waals surface area contributed by atoms with Crippen molar-refractivity contribution in [1.29, 1.82) is 0 Å². The second-order valence-electron chi connectivity index (χ2n) is 13.0. The van der Waals surface area contributed by atoms with Gasteiger partial charge in [0.15, 0.2) is 0 Å². The Balaban J connectivity index is 1.56. The summed E-state index contributed by atoms with van der Waals surface area (Å²) in [6.45, 7) is 8.33. The number of phenolic OH excluding ortho intramolecular Hbond substituents is 2. The fraction of sp³-hybridized carbons (Fsp3) is 0.459. The van der Waals surface area contributed by atoms with Crippen LogP contribution in [0.3, 0.4) is 0 Å². The molecule has 0 bridgehead atoms. The lowest BCUT2D eigenvalue weighted by Crippen LogP contribution is -2.37. The third-order valence-electron chi connectivity index (χ3n) is 8.76. The van der Waals surface area contributed by atoms with Gasteiger partial charge in [-0.2, -0.15) is 0 Å². The number of benzene rings is 3. The molecule has 2 atom stereocenters. The monoisotopic (exact) mass is 693 g/mol. The number of aliphatic hydroxyl groups excluding tert-OH is 4. The van der Waals surface area contributed by atoms with Gasteiger partial charge in [-0.1, -0.05) is 42.5 Å². The number of carbonyl (C=O) groups is 2. The SMILES string of the molecule is Cc1cc(CN2CCCN(Cc3ccccc3)CCN(Cc3cc(C)cc(C(=O)NC(O)CO)c3O)CCC2)c(O)c(C(=O)NC(O)CO)c1. The molecule has 1 heterocycles. The van der Waals surface area contributed by atoms with Gasteiger partial charge in [-0.3, -0.25) is 24.3 Å². The third-order valence-corrected chi connectivity index (χ3v) is 8.76. The fourth-order valence-corrected chi connectivity index (χ4v) is 6.30. The number of aromatic hydroxyl groups is 2. The number of phenols is 2. The van der Waals surface area contributed by atoms with E-state index in [4.69, 9.17) is 10.2 Å². The average molecular weight is 694 g/mol. The minimum Gasteiger partial charge on any atom is -0.507 e. The lowest BCUT2D eigenvalue weighted by Gasteiger charge is -2.28. The Morgan fingerprint density at radius 2 is 1.04 bits per heavy atom. The second kappa shape index (κ2) is 18.8. The number of hydrogen-bond donors (Lipinski definition) is 8. The van der Waals surface area contributed by atoms with Crippen LogP contribution in [0.2, 0.25) is 0 Å². The van der Waals surface area contributed by atoms with E-state index in [1.54, 1.807) is 12.1 Å². The van der Waals surface area contributed by atoms with Crippen LogP contribution in [-0.4, -0.2) is 122 Å². The first-order chi connectivity index (χ1) is 24.0. The Kier molecular flexibility index (Phi) is 14.5. The van der Waals surface area contributed by atoms with Crippen molar-refractivity contribution in [2.45, 2.75) is 58.8 Å². The minimum atomic E-state index is -1.44. The molecule has 3 aromatic rings. The van der Waals surface area contributed by atoms with Crippen LogP contribution in [0, 0.1) is 13.8 Å². The molecule has 1 saturated heterocycles. The predicted molar refractivity (Wildman–Crippen MR) is 188 cm³/mol. The summed E-state index contributed by atoms with van der Waals surface area (Å²) in [5, 5.41) is 64.6. The molecule has 0 spiro atoms. The maximum atomic E-state index is 12.8. The summed E-state index contributed by atoms with van der Waals surface area (Å²) >= 11 is 0. The van der Waals surface area contributed by atoms with E-state index < -0.39 is 37.5 Å². The summed E-state index contributed by atoms with van der Waals surface area (Å²) in [5.41, 5.74) is 3.97. The first-order valence-corrected chi connectivity index (χ1v) is 17.0. The first kappa shape index (κ1) is 38.7. The fourth-order valence-electron chi connectivity index (χ4n) is 6.30. The molecule has 0 radical (unpaired) electrons. The zero-order valence-corrected chi connectivity index (χ0v) is 28.9. The van der Waals surface area contributed by atoms with Crippen LogP contribution in [0.15, 0.2) is 54.6 Å². The molecular weight excluding hydrogens is 642 g/mol. The molecule has 50 heavy (non-hydrogen) atoms. The zero-order valence-electron chi connectivity index (χ0n) is 28.9. The molecule has 1 aliphatic heterocycles. The summed E-state index contributed by atoms with van der Waals surface area (Å²) in [4.78, 5) is 32.5. The maximum absolute atomic E-state index is 12.8. The van der Waals surface area contributed by atoms with E-state index in [-0.39, 0.29) is 22.6 Å². The van der Waals surface area contributed by atoms with Gasteiger partial charge in [0.2, 0.25) is 0 Å². The highest BCUT2D eigenvalue weighted by Crippen LogP contribution is 2.28. The number of aliphatic hydroxyl groups is 4. The van der Waals surface area contributed by atoms with Gasteiger partial charge < -0.3 is 41.3 Å². The van der Waals surface area contributed by atoms with Crippen LogP contribution < -0.4 is 10.6 Å². The van der Waals surface area contributed by atoms with Crippen molar-refractivity contribution in [2.24, 2.45) is 0 Å². The molecule has 13 nitrogen and oxygen atoms in total. The molecule has 2 unspecified atom stereocenters. The highest BCUT2D eigenvalue weighted by atomic mass is 16.3. The summed E-state index contributed by atoms with van der Waals surface area (Å²) in [6.07, 6.45) is -1.25. The van der Waals surface area contributed by atoms with Crippen molar-refractivity contribution < 1.29 is 40.2 Å². The number of nitrogens with zero attached hydrogens (tertiary/aromatic N) is 3. The Morgan fingerprint density at radius 1 is 0.640 bits per heavy atom. The van der Waals surface area contributed by atoms with Gasteiger partial charge in [0, 0.05) is 43.9 Å². The van der Waals surface area contributed by atoms with Crippen LogP contribution in [0.4, 0.5) is 0 Å². The van der Waals surface area contributed by atoms with Gasteiger partial charge in [-0.25, -0.2) is 0 Å². The zero-order chi connectivity index (χ0) is 36.2. The van der Waals surface area contributed by atoms with Crippen molar-refractivity contribution in [3.63, 3.8) is 0 Å². The van der Waals surface area contributed by atoms with Gasteiger partial charge in [-0.05, 0) is 81.7 Å². The topological polar surface area (TPSA) is 189 Å². The van der Waals surface area contributed by atoms with Gasteiger partial charge in [0.05, 0.1) is 24.3 Å². The summed E-state index contributed by atoms with van der Waals surface area (Å²) in [7, 11) is 0. The highest BCUT2D eigenvalue weighted by Gasteiger charge is 2.22. The Bertz CT molecular complexity index is 1570. The molecule has 8 N–H and O–H groups in total. The standard InChI is InChI=1S/C37H51N5O8/c1-25-16-28(34(47)30(18-25)36(49)38-32(45)23-43)21-40-10-6-12-41(20-27-8-4-3-5-9-27)14-15-42(13-7-11-40)22-29-17-26(2)19-31(35(29)48)37(50)39-33(46)24-44/h3-5,8-9,16-19,32-33,43-48H,6-7,10-15,20-24H2,1-2H3,(H,38,49)(H,39,50). The Hall–Kier alpha value is -4.08. The van der Waals surface area contributed by atoms with Crippen molar-refractivity contribution in [3.05, 3.63) is 93.5 Å². The quantitative estimate of drug-likeness (QED) is 0.128. The minimum absolute atomic E-state index is 0.0270. The molecule has 4 rings (SSSR count). The van der Waals surface area contributed by atoms with E-state index >= 15 is 0 Å². The summed E-state index contributed by atoms with van der Waals surface area (Å²) in [5.74, 6) is -1.69. The Labute approximate surface area is 293 Å². The molecule has 2 amide bonds. The molecule has 13 heteroatoms. The van der Waals surface area contributed by atoms with Crippen molar-refractivity contribution in [2.75, 3.05) is 52.5 Å². The highest BCUT2D eigenvalue weighted by molar-refractivity contribution is 5.98. The van der Waals surface area contributed by atoms with Crippen molar-refractivity contribution in [1.82, 2.24) is 25.3 Å². The third kappa shape index (κ3) is 11.2. The van der Waals surface area contributed by atoms with Crippen molar-refractivity contribution >= 4 is 11.8 Å². The van der Waals surface area contributed by atoms with Crippen LogP contribution in [0.25, 0.3) is 0 Å². The number of hydrogen-bond acceptors (Lipinski definition) is 11. The van der Waals surface area contributed by atoms with E-state index in [0.29, 0.717) is 43.9 Å². The molecule has 0 saturated carbocycles. The van der Waals surface area contributed by atoms with Crippen LogP contribution in [0.1, 0.15) is 61.4 Å². The smallest absolute Gasteiger partial charge is 0.257 e. The van der Waals surface area contributed by atoms with Crippen LogP contribution >= 0.6 is 0 Å². The van der Waals surface area contributed by atoms with Crippen LogP contribution in [0.5, 0.6) is 11.5 Å². The number of nitrogens with one attached hydrogen (secondary N) is 2. The van der Waals surface area contributed by atoms with Crippen LogP contribution in [-0.2, 0) is 19.6 Å². The predicted octanol–water partition coefficient (Wildman–Crippen LogP) is 1.40. The first-order valence-electron chi connectivity index (χ1n) is 17.0. The van der Waals surface area contributed by atoms with E-state index in [2.05, 4.69) is 37.5 Å². The number of carbonyl (C=O) groups excluding carboxylic acids is 2. The average Bonchev–Trinajstić information content (AvgIpc) is 3.13. The van der Waals surface area contributed by atoms with E-state index in [9.17, 15) is 30.0 Å². The molecular formula is C37H51N5O8. The lowest BCUT2D eigenvalue weighted by molar-refractivity contribution is 0.0540. The second-order valence-corrected chi connectivity index (χ2v) is 13.0. The number of amides is 2. The maximum Gasteiger partial charge on any atom is 0.257 e. The van der Waals surface area contributed by atoms with E-state index in [0.717, 1.165) is 50.1 Å².